The van der Waals surface area contributed by atoms with E-state index in [1.807, 2.05) is 61.0 Å². The third-order valence-electron chi connectivity index (χ3n) is 3.83. The molecule has 4 aromatic rings. The highest BCUT2D eigenvalue weighted by Crippen LogP contribution is 2.30. The van der Waals surface area contributed by atoms with Crippen molar-refractivity contribution in [2.45, 2.75) is 6.92 Å². The van der Waals surface area contributed by atoms with E-state index in [2.05, 4.69) is 15.1 Å². The number of para-hydroxylation sites is 1. The number of imidazole rings is 1. The molecule has 0 aliphatic carbocycles. The van der Waals surface area contributed by atoms with Crippen LogP contribution in [0.3, 0.4) is 0 Å². The fraction of sp³-hybridized carbons (Fsp3) is 0.167. The van der Waals surface area contributed by atoms with E-state index in [1.54, 1.807) is 6.33 Å². The fourth-order valence-corrected chi connectivity index (χ4v) is 2.64. The van der Waals surface area contributed by atoms with Crippen LogP contribution in [-0.4, -0.2) is 26.3 Å². The molecule has 0 saturated heterocycles. The quantitative estimate of drug-likeness (QED) is 0.574. The van der Waals surface area contributed by atoms with Crippen molar-refractivity contribution in [1.29, 1.82) is 0 Å². The molecule has 6 nitrogen and oxygen atoms in total. The van der Waals surface area contributed by atoms with Crippen LogP contribution in [0.15, 0.2) is 53.3 Å². The molecular formula is C18H16N4O2. The number of benzene rings is 2. The minimum absolute atomic E-state index is 0.444. The zero-order valence-electron chi connectivity index (χ0n) is 13.4. The fourth-order valence-electron chi connectivity index (χ4n) is 2.64. The topological polar surface area (TPSA) is 66.0 Å². The van der Waals surface area contributed by atoms with Gasteiger partial charge in [-0.1, -0.05) is 17.3 Å². The number of rotatable bonds is 4. The zero-order valence-corrected chi connectivity index (χ0v) is 13.4. The Labute approximate surface area is 138 Å². The largest absolute Gasteiger partial charge is 0.493 e. The lowest BCUT2D eigenvalue weighted by molar-refractivity contribution is 0.339. The molecule has 0 spiro atoms. The molecule has 0 atom stereocenters. The summed E-state index contributed by atoms with van der Waals surface area (Å²) in [4.78, 5) is 8.85. The van der Waals surface area contributed by atoms with Crippen LogP contribution < -0.4 is 4.74 Å². The second-order valence-corrected chi connectivity index (χ2v) is 5.41. The Bertz CT molecular complexity index is 1000. The number of aromatic nitrogens is 4. The highest BCUT2D eigenvalue weighted by atomic mass is 16.5. The van der Waals surface area contributed by atoms with Gasteiger partial charge < -0.3 is 13.8 Å². The van der Waals surface area contributed by atoms with Crippen molar-refractivity contribution in [2.24, 2.45) is 7.05 Å². The molecule has 2 aromatic carbocycles. The van der Waals surface area contributed by atoms with E-state index < -0.39 is 0 Å². The van der Waals surface area contributed by atoms with Crippen molar-refractivity contribution >= 4 is 11.0 Å². The van der Waals surface area contributed by atoms with Crippen molar-refractivity contribution in [1.82, 2.24) is 19.7 Å². The molecule has 0 N–H and O–H groups in total. The summed E-state index contributed by atoms with van der Waals surface area (Å²) < 4.78 is 13.0. The highest BCUT2D eigenvalue weighted by Gasteiger charge is 2.15. The van der Waals surface area contributed by atoms with E-state index in [-0.39, 0.29) is 0 Å². The molecule has 0 fully saturated rings. The van der Waals surface area contributed by atoms with Gasteiger partial charge in [0.15, 0.2) is 0 Å². The minimum atomic E-state index is 0.444. The lowest BCUT2D eigenvalue weighted by atomic mass is 10.2. The van der Waals surface area contributed by atoms with E-state index in [4.69, 9.17) is 9.26 Å². The monoisotopic (exact) mass is 320 g/mol. The first-order valence-corrected chi connectivity index (χ1v) is 7.73. The van der Waals surface area contributed by atoms with Crippen LogP contribution in [-0.2, 0) is 7.05 Å². The lowest BCUT2D eigenvalue weighted by Crippen LogP contribution is -1.93. The van der Waals surface area contributed by atoms with Crippen molar-refractivity contribution in [3.63, 3.8) is 0 Å². The zero-order chi connectivity index (χ0) is 16.5. The molecule has 2 heterocycles. The third kappa shape index (κ3) is 2.42. The lowest BCUT2D eigenvalue weighted by Gasteiger charge is -2.05. The molecule has 6 heteroatoms. The molecule has 0 unspecified atom stereocenters. The van der Waals surface area contributed by atoms with Gasteiger partial charge in [0, 0.05) is 12.6 Å². The third-order valence-corrected chi connectivity index (χ3v) is 3.83. The maximum Gasteiger partial charge on any atom is 0.262 e. The van der Waals surface area contributed by atoms with Gasteiger partial charge in [0.05, 0.1) is 29.5 Å². The van der Waals surface area contributed by atoms with Gasteiger partial charge in [0.25, 0.3) is 5.89 Å². The Balaban J connectivity index is 1.75. The molecule has 4 rings (SSSR count). The van der Waals surface area contributed by atoms with Crippen LogP contribution in [0.25, 0.3) is 33.9 Å². The Morgan fingerprint density at radius 1 is 1.17 bits per heavy atom. The number of aryl methyl sites for hydroxylation is 1. The van der Waals surface area contributed by atoms with Crippen LogP contribution >= 0.6 is 0 Å². The van der Waals surface area contributed by atoms with Gasteiger partial charge in [0.2, 0.25) is 5.82 Å². The van der Waals surface area contributed by atoms with Gasteiger partial charge in [-0.2, -0.15) is 4.98 Å². The molecule has 24 heavy (non-hydrogen) atoms. The van der Waals surface area contributed by atoms with E-state index >= 15 is 0 Å². The molecule has 0 amide bonds. The standard InChI is InChI=1S/C18H16N4O2/c1-3-23-16-7-5-4-6-13(16)18-20-17(21-24-18)12-8-9-14-15(10-12)22(2)11-19-14/h4-11H,3H2,1-2H3. The van der Waals surface area contributed by atoms with E-state index in [9.17, 15) is 0 Å². The predicted molar refractivity (Wildman–Crippen MR) is 90.6 cm³/mol. The molecule has 0 aliphatic rings. The Morgan fingerprint density at radius 3 is 2.92 bits per heavy atom. The number of hydrogen-bond donors (Lipinski definition) is 0. The summed E-state index contributed by atoms with van der Waals surface area (Å²) in [6.07, 6.45) is 1.79. The highest BCUT2D eigenvalue weighted by molar-refractivity contribution is 5.80. The summed E-state index contributed by atoms with van der Waals surface area (Å²) in [6.45, 7) is 2.52. The van der Waals surface area contributed by atoms with Crippen LogP contribution in [0, 0.1) is 0 Å². The summed E-state index contributed by atoms with van der Waals surface area (Å²) in [5.74, 6) is 1.72. The SMILES string of the molecule is CCOc1ccccc1-c1nc(-c2ccc3ncn(C)c3c2)no1. The molecule has 0 bridgehead atoms. The second kappa shape index (κ2) is 5.81. The average molecular weight is 320 g/mol. The first-order chi connectivity index (χ1) is 11.8. The minimum Gasteiger partial charge on any atom is -0.493 e. The summed E-state index contributed by atoms with van der Waals surface area (Å²) >= 11 is 0. The van der Waals surface area contributed by atoms with Gasteiger partial charge >= 0.3 is 0 Å². The van der Waals surface area contributed by atoms with Crippen molar-refractivity contribution in [3.8, 4) is 28.6 Å². The number of nitrogens with zero attached hydrogens (tertiary/aromatic N) is 4. The van der Waals surface area contributed by atoms with E-state index in [0.29, 0.717) is 18.3 Å². The van der Waals surface area contributed by atoms with E-state index in [0.717, 1.165) is 27.9 Å². The van der Waals surface area contributed by atoms with Crippen LogP contribution in [0.2, 0.25) is 0 Å². The Morgan fingerprint density at radius 2 is 2.04 bits per heavy atom. The van der Waals surface area contributed by atoms with Gasteiger partial charge in [-0.15, -0.1) is 0 Å². The smallest absolute Gasteiger partial charge is 0.262 e. The number of ether oxygens (including phenoxy) is 1. The van der Waals surface area contributed by atoms with Gasteiger partial charge in [-0.3, -0.25) is 0 Å². The Hall–Kier alpha value is -3.15. The van der Waals surface area contributed by atoms with Crippen LogP contribution in [0.5, 0.6) is 5.75 Å². The summed E-state index contributed by atoms with van der Waals surface area (Å²) in [6, 6.07) is 13.5. The summed E-state index contributed by atoms with van der Waals surface area (Å²) in [5.41, 5.74) is 3.63. The van der Waals surface area contributed by atoms with Crippen LogP contribution in [0.4, 0.5) is 0 Å². The van der Waals surface area contributed by atoms with E-state index in [1.165, 1.54) is 0 Å². The van der Waals surface area contributed by atoms with Crippen molar-refractivity contribution < 1.29 is 9.26 Å². The van der Waals surface area contributed by atoms with Crippen LogP contribution in [0.1, 0.15) is 6.92 Å². The molecule has 2 aromatic heterocycles. The molecule has 0 aliphatic heterocycles. The molecule has 0 saturated carbocycles. The maximum atomic E-state index is 5.63. The first-order valence-electron chi connectivity index (χ1n) is 7.73. The van der Waals surface area contributed by atoms with Gasteiger partial charge in [0.1, 0.15) is 5.75 Å². The second-order valence-electron chi connectivity index (χ2n) is 5.41. The van der Waals surface area contributed by atoms with Gasteiger partial charge in [-0.05, 0) is 37.3 Å². The van der Waals surface area contributed by atoms with Gasteiger partial charge in [-0.25, -0.2) is 4.98 Å². The molecule has 120 valence electrons. The molecule has 0 radical (unpaired) electrons. The normalized spacial score (nSPS) is 11.1. The maximum absolute atomic E-state index is 5.63. The summed E-state index contributed by atoms with van der Waals surface area (Å²) in [7, 11) is 1.96. The van der Waals surface area contributed by atoms with Crippen molar-refractivity contribution in [3.05, 3.63) is 48.8 Å². The van der Waals surface area contributed by atoms with Crippen molar-refractivity contribution in [2.75, 3.05) is 6.61 Å². The number of fused-ring (bicyclic) bond motifs is 1. The molecular weight excluding hydrogens is 304 g/mol. The average Bonchev–Trinajstić information content (AvgIpc) is 3.23. The summed E-state index contributed by atoms with van der Waals surface area (Å²) in [5, 5.41) is 4.11. The number of hydrogen-bond acceptors (Lipinski definition) is 5. The predicted octanol–water partition coefficient (Wildman–Crippen LogP) is 3.69. The first kappa shape index (κ1) is 14.4. The Kier molecular flexibility index (Phi) is 3.49.